The second-order valence-corrected chi connectivity index (χ2v) is 8.08. The Labute approximate surface area is 191 Å². The van der Waals surface area contributed by atoms with Gasteiger partial charge in [-0.3, -0.25) is 4.79 Å². The van der Waals surface area contributed by atoms with Gasteiger partial charge in [-0.1, -0.05) is 45.7 Å². The van der Waals surface area contributed by atoms with Crippen molar-refractivity contribution in [3.63, 3.8) is 0 Å². The van der Waals surface area contributed by atoms with E-state index in [1.807, 2.05) is 49.9 Å². The van der Waals surface area contributed by atoms with Gasteiger partial charge in [0.25, 0.3) is 0 Å². The lowest BCUT2D eigenvalue weighted by molar-refractivity contribution is -0.136. The lowest BCUT2D eigenvalue weighted by atomic mass is 9.93. The molecule has 0 aromatic heterocycles. The zero-order valence-corrected chi connectivity index (χ0v) is 20.1. The van der Waals surface area contributed by atoms with Gasteiger partial charge >= 0.3 is 5.97 Å². The Bertz CT molecular complexity index is 820. The molecule has 31 heavy (non-hydrogen) atoms. The predicted molar refractivity (Wildman–Crippen MR) is 129 cm³/mol. The van der Waals surface area contributed by atoms with Crippen molar-refractivity contribution in [1.29, 1.82) is 0 Å². The molecule has 6 nitrogen and oxygen atoms in total. The molecular formula is C24H35N3O3S. The molecule has 2 N–H and O–H groups in total. The van der Waals surface area contributed by atoms with Crippen LogP contribution in [0, 0.1) is 5.92 Å². The van der Waals surface area contributed by atoms with Gasteiger partial charge in [-0.2, -0.15) is 0 Å². The van der Waals surface area contributed by atoms with Gasteiger partial charge in [0.1, 0.15) is 0 Å². The number of anilines is 1. The molecule has 0 spiro atoms. The maximum atomic E-state index is 12.6. The van der Waals surface area contributed by atoms with Crippen molar-refractivity contribution in [2.45, 2.75) is 65.8 Å². The average Bonchev–Trinajstić information content (AvgIpc) is 2.78. The van der Waals surface area contributed by atoms with Crippen molar-refractivity contribution in [1.82, 2.24) is 10.2 Å². The Morgan fingerprint density at radius 1 is 1.19 bits per heavy atom. The van der Waals surface area contributed by atoms with E-state index in [9.17, 15) is 9.59 Å². The van der Waals surface area contributed by atoms with E-state index < -0.39 is 6.04 Å². The number of nitrogens with one attached hydrogen (secondary N) is 2. The van der Waals surface area contributed by atoms with Crippen molar-refractivity contribution in [2.24, 2.45) is 5.92 Å². The lowest BCUT2D eigenvalue weighted by Crippen LogP contribution is -2.48. The van der Waals surface area contributed by atoms with Crippen LogP contribution >= 0.6 is 12.2 Å². The van der Waals surface area contributed by atoms with E-state index in [2.05, 4.69) is 17.6 Å². The fraction of sp³-hybridized carbons (Fsp3) is 0.542. The van der Waals surface area contributed by atoms with Crippen molar-refractivity contribution in [2.75, 3.05) is 19.0 Å². The van der Waals surface area contributed by atoms with E-state index in [0.29, 0.717) is 23.7 Å². The summed E-state index contributed by atoms with van der Waals surface area (Å²) < 4.78 is 5.09. The summed E-state index contributed by atoms with van der Waals surface area (Å²) in [5, 5.41) is 6.90. The average molecular weight is 446 g/mol. The van der Waals surface area contributed by atoms with Crippen LogP contribution in [-0.4, -0.2) is 35.5 Å². The van der Waals surface area contributed by atoms with Crippen LogP contribution in [0.2, 0.25) is 0 Å². The highest BCUT2D eigenvalue weighted by molar-refractivity contribution is 7.80. The molecule has 7 heteroatoms. The topological polar surface area (TPSA) is 70.7 Å². The normalized spacial score (nSPS) is 17.3. The van der Waals surface area contributed by atoms with E-state index in [0.717, 1.165) is 42.6 Å². The van der Waals surface area contributed by atoms with Gasteiger partial charge in [-0.05, 0) is 56.1 Å². The van der Waals surface area contributed by atoms with Crippen LogP contribution in [0.25, 0.3) is 0 Å². The Morgan fingerprint density at radius 3 is 2.39 bits per heavy atom. The zero-order chi connectivity index (χ0) is 23.0. The number of carbonyl (C=O) groups is 2. The van der Waals surface area contributed by atoms with Crippen molar-refractivity contribution in [3.8, 4) is 0 Å². The molecule has 1 aliphatic heterocycles. The summed E-state index contributed by atoms with van der Waals surface area (Å²) >= 11 is 5.55. The zero-order valence-electron chi connectivity index (χ0n) is 19.3. The van der Waals surface area contributed by atoms with Gasteiger partial charge in [0, 0.05) is 23.8 Å². The summed E-state index contributed by atoms with van der Waals surface area (Å²) in [6.07, 6.45) is 4.53. The molecule has 2 atom stereocenters. The van der Waals surface area contributed by atoms with Crippen molar-refractivity contribution < 1.29 is 14.3 Å². The molecular weight excluding hydrogens is 410 g/mol. The maximum absolute atomic E-state index is 12.6. The van der Waals surface area contributed by atoms with E-state index in [1.54, 1.807) is 0 Å². The molecule has 1 heterocycles. The summed E-state index contributed by atoms with van der Waals surface area (Å²) in [5.41, 5.74) is 3.09. The Hall–Kier alpha value is -2.41. The molecule has 0 saturated heterocycles. The van der Waals surface area contributed by atoms with Crippen LogP contribution in [0.1, 0.15) is 71.4 Å². The number of nitrogens with zero attached hydrogens (tertiary/aromatic N) is 1. The highest BCUT2D eigenvalue weighted by Crippen LogP contribution is 2.33. The van der Waals surface area contributed by atoms with E-state index >= 15 is 0 Å². The molecule has 2 rings (SSSR count). The number of allylic oxidation sites excluding steroid dienone is 1. The molecule has 1 aromatic rings. The third-order valence-corrected chi connectivity index (χ3v) is 6.11. The van der Waals surface area contributed by atoms with Crippen molar-refractivity contribution >= 4 is 34.9 Å². The monoisotopic (exact) mass is 445 g/mol. The van der Waals surface area contributed by atoms with E-state index in [-0.39, 0.29) is 17.8 Å². The molecule has 1 amide bonds. The van der Waals surface area contributed by atoms with Gasteiger partial charge in [0.05, 0.1) is 18.7 Å². The first kappa shape index (κ1) is 24.9. The Morgan fingerprint density at radius 2 is 1.87 bits per heavy atom. The second kappa shape index (κ2) is 11.8. The van der Waals surface area contributed by atoms with Crippen LogP contribution in [0.5, 0.6) is 0 Å². The highest BCUT2D eigenvalue weighted by Gasteiger charge is 2.35. The fourth-order valence-electron chi connectivity index (χ4n) is 3.99. The smallest absolute Gasteiger partial charge is 0.337 e. The third kappa shape index (κ3) is 5.85. The number of methoxy groups -OCH3 is 1. The summed E-state index contributed by atoms with van der Waals surface area (Å²) in [6, 6.07) is 7.19. The molecule has 1 aliphatic rings. The van der Waals surface area contributed by atoms with Crippen LogP contribution in [0.15, 0.2) is 35.5 Å². The maximum Gasteiger partial charge on any atom is 0.337 e. The largest absolute Gasteiger partial charge is 0.466 e. The number of thiocarbonyl (C=S) groups is 1. The minimum absolute atomic E-state index is 0.0259. The summed E-state index contributed by atoms with van der Waals surface area (Å²) in [5.74, 6) is -0.282. The van der Waals surface area contributed by atoms with Gasteiger partial charge in [0.15, 0.2) is 5.11 Å². The fourth-order valence-corrected chi connectivity index (χ4v) is 4.35. The number of amides is 1. The molecule has 0 fully saturated rings. The Balaban J connectivity index is 2.28. The quantitative estimate of drug-likeness (QED) is 0.393. The SMILES string of the molecule is CCCC[C@@H](CC)C(=O)Nc1ccc([C@H]2NC(=S)N(CC)C(CC)=C2C(=O)OC)cc1. The minimum atomic E-state index is -0.393. The molecule has 0 bridgehead atoms. The number of unbranched alkanes of at least 4 members (excludes halogenated alkanes) is 1. The molecule has 170 valence electrons. The summed E-state index contributed by atoms with van der Waals surface area (Å²) in [7, 11) is 1.39. The second-order valence-electron chi connectivity index (χ2n) is 7.69. The number of ether oxygens (including phenoxy) is 1. The van der Waals surface area contributed by atoms with Crippen molar-refractivity contribution in [3.05, 3.63) is 41.1 Å². The number of hydrogen-bond donors (Lipinski definition) is 2. The minimum Gasteiger partial charge on any atom is -0.466 e. The van der Waals surface area contributed by atoms with Crippen LogP contribution < -0.4 is 10.6 Å². The molecule has 0 saturated carbocycles. The van der Waals surface area contributed by atoms with Gasteiger partial charge in [0.2, 0.25) is 5.91 Å². The summed E-state index contributed by atoms with van der Waals surface area (Å²) in [4.78, 5) is 27.2. The van der Waals surface area contributed by atoms with Crippen LogP contribution in [-0.2, 0) is 14.3 Å². The van der Waals surface area contributed by atoms with Crippen LogP contribution in [0.3, 0.4) is 0 Å². The first-order valence-electron chi connectivity index (χ1n) is 11.2. The van der Waals surface area contributed by atoms with E-state index in [4.69, 9.17) is 17.0 Å². The first-order valence-corrected chi connectivity index (χ1v) is 11.6. The predicted octanol–water partition coefficient (Wildman–Crippen LogP) is 4.93. The molecule has 0 unspecified atom stereocenters. The Kier molecular flexibility index (Phi) is 9.49. The number of esters is 1. The number of benzene rings is 1. The summed E-state index contributed by atoms with van der Waals surface area (Å²) in [6.45, 7) is 8.86. The standard InChI is InChI=1S/C24H35N3O3S/c1-6-10-11-16(7-2)22(28)25-18-14-12-17(13-15-18)21-20(23(29)30-5)19(8-3)27(9-4)24(31)26-21/h12-16,21H,6-11H2,1-5H3,(H,25,28)(H,26,31)/t16-,21-/m1/s1. The highest BCUT2D eigenvalue weighted by atomic mass is 32.1. The number of carbonyl (C=O) groups excluding carboxylic acids is 2. The van der Waals surface area contributed by atoms with Gasteiger partial charge in [-0.15, -0.1) is 0 Å². The van der Waals surface area contributed by atoms with E-state index in [1.165, 1.54) is 7.11 Å². The number of rotatable bonds is 10. The van der Waals surface area contributed by atoms with Gasteiger partial charge in [-0.25, -0.2) is 4.79 Å². The lowest BCUT2D eigenvalue weighted by Gasteiger charge is -2.38. The molecule has 0 radical (unpaired) electrons. The molecule has 0 aliphatic carbocycles. The molecule has 1 aromatic carbocycles. The number of hydrogen-bond acceptors (Lipinski definition) is 4. The van der Waals surface area contributed by atoms with Crippen LogP contribution in [0.4, 0.5) is 5.69 Å². The first-order chi connectivity index (χ1) is 14.9. The third-order valence-electron chi connectivity index (χ3n) is 5.78. The van der Waals surface area contributed by atoms with Gasteiger partial charge < -0.3 is 20.3 Å².